The van der Waals surface area contributed by atoms with Crippen LogP contribution in [-0.2, 0) is 12.8 Å². The van der Waals surface area contributed by atoms with Crippen molar-refractivity contribution in [2.75, 3.05) is 5.32 Å². The van der Waals surface area contributed by atoms with E-state index in [1.54, 1.807) is 23.5 Å². The van der Waals surface area contributed by atoms with Crippen LogP contribution in [0.1, 0.15) is 45.9 Å². The lowest BCUT2D eigenvalue weighted by Crippen LogP contribution is -2.38. The van der Waals surface area contributed by atoms with Crippen LogP contribution in [-0.4, -0.2) is 10.8 Å². The molecule has 1 aliphatic carbocycles. The summed E-state index contributed by atoms with van der Waals surface area (Å²) in [5, 5.41) is 18.0. The number of thiophene rings is 1. The predicted octanol–water partition coefficient (Wildman–Crippen LogP) is 3.64. The van der Waals surface area contributed by atoms with E-state index in [9.17, 15) is 14.9 Å². The minimum Gasteiger partial charge on any atom is -0.353 e. The Morgan fingerprint density at radius 3 is 2.71 bits per heavy atom. The summed E-state index contributed by atoms with van der Waals surface area (Å²) in [5.74, 6) is 0.602. The van der Waals surface area contributed by atoms with Gasteiger partial charge in [0, 0.05) is 17.0 Å². The molecule has 2 aliphatic rings. The standard InChI is InChI=1S/C17H17N3O3S/c1-9-2-7-12-13(8-9)24-17-14(12)16(21)18-15(19-17)10-3-5-11(6-4-10)20(22)23/h3-6,9,15,19H,2,7-8H2,1H3,(H,18,21)/t9-,15-/m1/s1. The number of amides is 1. The largest absolute Gasteiger partial charge is 0.353 e. The van der Waals surface area contributed by atoms with Crippen LogP contribution >= 0.6 is 11.3 Å². The first-order chi connectivity index (χ1) is 11.5. The molecule has 0 saturated heterocycles. The second-order valence-electron chi connectivity index (χ2n) is 6.46. The molecule has 2 heterocycles. The van der Waals surface area contributed by atoms with E-state index in [0.717, 1.165) is 35.4 Å². The monoisotopic (exact) mass is 343 g/mol. The summed E-state index contributed by atoms with van der Waals surface area (Å²) in [7, 11) is 0. The summed E-state index contributed by atoms with van der Waals surface area (Å²) in [6.07, 6.45) is 2.75. The maximum Gasteiger partial charge on any atom is 0.269 e. The molecule has 2 aromatic rings. The van der Waals surface area contributed by atoms with Gasteiger partial charge in [0.15, 0.2) is 0 Å². The first kappa shape index (κ1) is 15.1. The Hall–Kier alpha value is -2.41. The SMILES string of the molecule is C[C@@H]1CCc2c(sc3c2C(=O)N[C@@H](c2ccc([N+](=O)[O-])cc2)N3)C1. The van der Waals surface area contributed by atoms with Gasteiger partial charge >= 0.3 is 0 Å². The molecule has 24 heavy (non-hydrogen) atoms. The molecule has 7 heteroatoms. The lowest BCUT2D eigenvalue weighted by molar-refractivity contribution is -0.384. The Morgan fingerprint density at radius 1 is 1.25 bits per heavy atom. The summed E-state index contributed by atoms with van der Waals surface area (Å²) in [6, 6.07) is 6.27. The number of benzene rings is 1. The number of nitrogens with one attached hydrogen (secondary N) is 2. The maximum absolute atomic E-state index is 12.6. The number of nitro benzene ring substituents is 1. The molecule has 1 aromatic carbocycles. The van der Waals surface area contributed by atoms with Gasteiger partial charge in [0.1, 0.15) is 11.2 Å². The molecule has 2 atom stereocenters. The Balaban J connectivity index is 1.64. The molecule has 6 nitrogen and oxygen atoms in total. The summed E-state index contributed by atoms with van der Waals surface area (Å²) < 4.78 is 0. The average Bonchev–Trinajstić information content (AvgIpc) is 2.92. The molecule has 1 aliphatic heterocycles. The van der Waals surface area contributed by atoms with Crippen molar-refractivity contribution in [3.8, 4) is 0 Å². The summed E-state index contributed by atoms with van der Waals surface area (Å²) in [6.45, 7) is 2.24. The molecule has 0 bridgehead atoms. The van der Waals surface area contributed by atoms with E-state index in [4.69, 9.17) is 0 Å². The number of rotatable bonds is 2. The maximum atomic E-state index is 12.6. The van der Waals surface area contributed by atoms with Gasteiger partial charge in [-0.2, -0.15) is 0 Å². The van der Waals surface area contributed by atoms with Crippen LogP contribution in [0.2, 0.25) is 0 Å². The van der Waals surface area contributed by atoms with Crippen molar-refractivity contribution in [3.63, 3.8) is 0 Å². The van der Waals surface area contributed by atoms with Crippen molar-refractivity contribution in [2.45, 2.75) is 32.4 Å². The molecule has 0 saturated carbocycles. The van der Waals surface area contributed by atoms with Gasteiger partial charge in [0.25, 0.3) is 11.6 Å². The van der Waals surface area contributed by atoms with Crippen molar-refractivity contribution in [3.05, 3.63) is 55.9 Å². The normalized spacial score (nSPS) is 22.1. The Labute approximate surface area is 143 Å². The second kappa shape index (κ2) is 5.59. The van der Waals surface area contributed by atoms with Crippen molar-refractivity contribution < 1.29 is 9.72 Å². The van der Waals surface area contributed by atoms with Crippen LogP contribution in [0.3, 0.4) is 0 Å². The van der Waals surface area contributed by atoms with Gasteiger partial charge in [-0.05, 0) is 48.4 Å². The molecule has 2 N–H and O–H groups in total. The van der Waals surface area contributed by atoms with Crippen LogP contribution in [0, 0.1) is 16.0 Å². The third-order valence-electron chi connectivity index (χ3n) is 4.73. The highest BCUT2D eigenvalue weighted by Gasteiger charge is 2.33. The minimum atomic E-state index is -0.427. The van der Waals surface area contributed by atoms with Crippen LogP contribution < -0.4 is 10.6 Å². The molecular formula is C17H17N3O3S. The minimum absolute atomic E-state index is 0.0437. The molecular weight excluding hydrogens is 326 g/mol. The number of fused-ring (bicyclic) bond motifs is 3. The summed E-state index contributed by atoms with van der Waals surface area (Å²) in [5.41, 5.74) is 2.84. The molecule has 124 valence electrons. The fraction of sp³-hybridized carbons (Fsp3) is 0.353. The second-order valence-corrected chi connectivity index (χ2v) is 7.56. The Bertz CT molecular complexity index is 828. The van der Waals surface area contributed by atoms with Gasteiger partial charge in [-0.25, -0.2) is 0 Å². The number of hydrogen-bond acceptors (Lipinski definition) is 5. The topological polar surface area (TPSA) is 84.3 Å². The third kappa shape index (κ3) is 2.45. The quantitative estimate of drug-likeness (QED) is 0.644. The van der Waals surface area contributed by atoms with E-state index >= 15 is 0 Å². The van der Waals surface area contributed by atoms with Crippen LogP contribution in [0.15, 0.2) is 24.3 Å². The van der Waals surface area contributed by atoms with Gasteiger partial charge in [-0.15, -0.1) is 11.3 Å². The van der Waals surface area contributed by atoms with Crippen LogP contribution in [0.4, 0.5) is 10.7 Å². The zero-order valence-corrected chi connectivity index (χ0v) is 14.0. The number of carbonyl (C=O) groups is 1. The van der Waals surface area contributed by atoms with E-state index in [0.29, 0.717) is 5.92 Å². The summed E-state index contributed by atoms with van der Waals surface area (Å²) in [4.78, 5) is 24.3. The van der Waals surface area contributed by atoms with Gasteiger partial charge in [-0.1, -0.05) is 6.92 Å². The fourth-order valence-corrected chi connectivity index (χ4v) is 4.85. The van der Waals surface area contributed by atoms with Gasteiger partial charge < -0.3 is 10.6 Å². The van der Waals surface area contributed by atoms with E-state index in [2.05, 4.69) is 17.6 Å². The van der Waals surface area contributed by atoms with Crippen LogP contribution in [0.5, 0.6) is 0 Å². The number of anilines is 1. The third-order valence-corrected chi connectivity index (χ3v) is 5.91. The average molecular weight is 343 g/mol. The molecule has 1 amide bonds. The molecule has 0 spiro atoms. The van der Waals surface area contributed by atoms with Gasteiger partial charge in [-0.3, -0.25) is 14.9 Å². The molecule has 0 radical (unpaired) electrons. The number of hydrogen-bond donors (Lipinski definition) is 2. The molecule has 0 unspecified atom stereocenters. The number of nitro groups is 1. The lowest BCUT2D eigenvalue weighted by Gasteiger charge is -2.27. The highest BCUT2D eigenvalue weighted by Crippen LogP contribution is 2.42. The van der Waals surface area contributed by atoms with Crippen molar-refractivity contribution >= 4 is 27.9 Å². The van der Waals surface area contributed by atoms with E-state index < -0.39 is 4.92 Å². The van der Waals surface area contributed by atoms with E-state index in [1.165, 1.54) is 22.6 Å². The number of non-ortho nitro benzene ring substituents is 1. The number of nitrogens with zero attached hydrogens (tertiary/aromatic N) is 1. The van der Waals surface area contributed by atoms with Crippen molar-refractivity contribution in [1.29, 1.82) is 0 Å². The Kier molecular flexibility index (Phi) is 3.53. The van der Waals surface area contributed by atoms with Crippen LogP contribution in [0.25, 0.3) is 0 Å². The van der Waals surface area contributed by atoms with Gasteiger partial charge in [0.05, 0.1) is 10.5 Å². The summed E-state index contributed by atoms with van der Waals surface area (Å²) >= 11 is 1.67. The fourth-order valence-electron chi connectivity index (χ4n) is 3.42. The smallest absolute Gasteiger partial charge is 0.269 e. The number of carbonyl (C=O) groups excluding carboxylic acids is 1. The zero-order chi connectivity index (χ0) is 16.8. The molecule has 4 rings (SSSR count). The first-order valence-corrected chi connectivity index (χ1v) is 8.81. The predicted molar refractivity (Wildman–Crippen MR) is 92.4 cm³/mol. The highest BCUT2D eigenvalue weighted by atomic mass is 32.1. The molecule has 0 fully saturated rings. The zero-order valence-electron chi connectivity index (χ0n) is 13.2. The lowest BCUT2D eigenvalue weighted by atomic mass is 9.88. The Morgan fingerprint density at radius 2 is 2.00 bits per heavy atom. The molecule has 1 aromatic heterocycles. The van der Waals surface area contributed by atoms with Crippen molar-refractivity contribution in [2.24, 2.45) is 5.92 Å². The van der Waals surface area contributed by atoms with Crippen molar-refractivity contribution in [1.82, 2.24) is 5.32 Å². The van der Waals surface area contributed by atoms with E-state index in [1.807, 2.05) is 0 Å². The highest BCUT2D eigenvalue weighted by molar-refractivity contribution is 7.16. The van der Waals surface area contributed by atoms with Gasteiger partial charge in [0.2, 0.25) is 0 Å². The van der Waals surface area contributed by atoms with E-state index in [-0.39, 0.29) is 17.8 Å². The first-order valence-electron chi connectivity index (χ1n) is 7.99.